The summed E-state index contributed by atoms with van der Waals surface area (Å²) in [5, 5.41) is 3.47. The van der Waals surface area contributed by atoms with Crippen molar-refractivity contribution in [1.29, 1.82) is 0 Å². The molecule has 0 spiro atoms. The number of primary amides is 1. The van der Waals surface area contributed by atoms with Gasteiger partial charge in [-0.3, -0.25) is 4.79 Å². The molecule has 18 heavy (non-hydrogen) atoms. The number of hydrogen-bond acceptors (Lipinski definition) is 3. The first-order valence-electron chi connectivity index (χ1n) is 6.42. The molecular formula is C14H22N2O2. The van der Waals surface area contributed by atoms with Crippen LogP contribution in [0.5, 0.6) is 5.75 Å². The van der Waals surface area contributed by atoms with Crippen molar-refractivity contribution in [1.82, 2.24) is 5.32 Å². The second-order valence-electron chi connectivity index (χ2n) is 4.21. The highest BCUT2D eigenvalue weighted by atomic mass is 16.5. The summed E-state index contributed by atoms with van der Waals surface area (Å²) in [6.07, 6.45) is 2.05. The van der Waals surface area contributed by atoms with Crippen LogP contribution in [-0.4, -0.2) is 19.1 Å². The number of para-hydroxylation sites is 1. The molecule has 1 rings (SSSR count). The molecule has 1 aromatic rings. The van der Waals surface area contributed by atoms with Gasteiger partial charge in [0.25, 0.3) is 5.91 Å². The van der Waals surface area contributed by atoms with Crippen molar-refractivity contribution in [3.8, 4) is 5.75 Å². The molecule has 4 heteroatoms. The summed E-state index contributed by atoms with van der Waals surface area (Å²) in [6, 6.07) is 8.01. The highest BCUT2D eigenvalue weighted by Gasteiger charge is 2.13. The molecule has 0 aliphatic heterocycles. The van der Waals surface area contributed by atoms with Gasteiger partial charge in [0.1, 0.15) is 5.75 Å². The molecule has 1 atom stereocenters. The molecule has 1 amide bonds. The van der Waals surface area contributed by atoms with E-state index in [9.17, 15) is 4.79 Å². The average molecular weight is 250 g/mol. The topological polar surface area (TPSA) is 64.3 Å². The summed E-state index contributed by atoms with van der Waals surface area (Å²) in [5.74, 6) is 0.270. The minimum Gasteiger partial charge on any atom is -0.483 e. The third kappa shape index (κ3) is 4.37. The minimum atomic E-state index is -0.459. The van der Waals surface area contributed by atoms with E-state index in [4.69, 9.17) is 10.5 Å². The zero-order chi connectivity index (χ0) is 13.4. The lowest BCUT2D eigenvalue weighted by Crippen LogP contribution is -2.24. The molecule has 0 saturated heterocycles. The molecule has 1 aromatic carbocycles. The Labute approximate surface area is 109 Å². The summed E-state index contributed by atoms with van der Waals surface area (Å²) >= 11 is 0. The number of carbonyl (C=O) groups excluding carboxylic acids is 1. The second-order valence-corrected chi connectivity index (χ2v) is 4.21. The van der Waals surface area contributed by atoms with Gasteiger partial charge in [0.15, 0.2) is 6.61 Å². The van der Waals surface area contributed by atoms with Gasteiger partial charge in [-0.05, 0) is 25.5 Å². The second kappa shape index (κ2) is 7.71. The summed E-state index contributed by atoms with van der Waals surface area (Å²) in [6.45, 7) is 5.14. The fraction of sp³-hybridized carbons (Fsp3) is 0.500. The van der Waals surface area contributed by atoms with Crippen LogP contribution in [0.3, 0.4) is 0 Å². The van der Waals surface area contributed by atoms with Crippen molar-refractivity contribution >= 4 is 5.91 Å². The minimum absolute atomic E-state index is 0.0821. The lowest BCUT2D eigenvalue weighted by Gasteiger charge is -2.20. The van der Waals surface area contributed by atoms with E-state index in [1.807, 2.05) is 24.3 Å². The normalized spacial score (nSPS) is 12.1. The number of rotatable bonds is 8. The Hall–Kier alpha value is -1.55. The fourth-order valence-corrected chi connectivity index (χ4v) is 1.84. The quantitative estimate of drug-likeness (QED) is 0.741. The van der Waals surface area contributed by atoms with E-state index in [0.717, 1.165) is 30.7 Å². The average Bonchev–Trinajstić information content (AvgIpc) is 2.38. The van der Waals surface area contributed by atoms with Crippen molar-refractivity contribution in [3.05, 3.63) is 29.8 Å². The van der Waals surface area contributed by atoms with E-state index in [-0.39, 0.29) is 12.6 Å². The third-order valence-corrected chi connectivity index (χ3v) is 2.71. The van der Waals surface area contributed by atoms with Crippen molar-refractivity contribution in [2.75, 3.05) is 13.2 Å². The van der Waals surface area contributed by atoms with Crippen molar-refractivity contribution in [3.63, 3.8) is 0 Å². The largest absolute Gasteiger partial charge is 0.483 e. The lowest BCUT2D eigenvalue weighted by atomic mass is 10.0. The van der Waals surface area contributed by atoms with Gasteiger partial charge in [-0.25, -0.2) is 0 Å². The first-order valence-corrected chi connectivity index (χ1v) is 6.42. The smallest absolute Gasteiger partial charge is 0.255 e. The van der Waals surface area contributed by atoms with Crippen LogP contribution in [0, 0.1) is 0 Å². The molecule has 0 saturated carbocycles. The van der Waals surface area contributed by atoms with E-state index in [1.54, 1.807) is 0 Å². The molecule has 0 fully saturated rings. The third-order valence-electron chi connectivity index (χ3n) is 2.71. The first-order chi connectivity index (χ1) is 8.69. The van der Waals surface area contributed by atoms with E-state index < -0.39 is 5.91 Å². The van der Waals surface area contributed by atoms with Crippen LogP contribution >= 0.6 is 0 Å². The maximum atomic E-state index is 10.8. The fourth-order valence-electron chi connectivity index (χ4n) is 1.84. The van der Waals surface area contributed by atoms with E-state index in [2.05, 4.69) is 19.2 Å². The number of nitrogens with two attached hydrogens (primary N) is 1. The Morgan fingerprint density at radius 3 is 2.72 bits per heavy atom. The van der Waals surface area contributed by atoms with Crippen LogP contribution in [0.25, 0.3) is 0 Å². The number of hydrogen-bond donors (Lipinski definition) is 2. The molecule has 0 aliphatic rings. The Morgan fingerprint density at radius 1 is 1.39 bits per heavy atom. The van der Waals surface area contributed by atoms with Crippen molar-refractivity contribution in [2.45, 2.75) is 32.7 Å². The molecule has 0 heterocycles. The predicted octanol–water partition coefficient (Wildman–Crippen LogP) is 2.00. The molecule has 4 nitrogen and oxygen atoms in total. The number of ether oxygens (including phenoxy) is 1. The number of nitrogens with one attached hydrogen (secondary N) is 1. The van der Waals surface area contributed by atoms with Crippen LogP contribution in [0.15, 0.2) is 24.3 Å². The van der Waals surface area contributed by atoms with Gasteiger partial charge in [-0.1, -0.05) is 32.0 Å². The van der Waals surface area contributed by atoms with Gasteiger partial charge in [-0.2, -0.15) is 0 Å². The Balaban J connectivity index is 2.81. The van der Waals surface area contributed by atoms with Crippen molar-refractivity contribution < 1.29 is 9.53 Å². The highest BCUT2D eigenvalue weighted by Crippen LogP contribution is 2.27. The van der Waals surface area contributed by atoms with E-state index in [1.165, 1.54) is 0 Å². The molecule has 0 radical (unpaired) electrons. The predicted molar refractivity (Wildman–Crippen MR) is 72.5 cm³/mol. The zero-order valence-electron chi connectivity index (χ0n) is 11.1. The van der Waals surface area contributed by atoms with Gasteiger partial charge in [0, 0.05) is 11.6 Å². The maximum Gasteiger partial charge on any atom is 0.255 e. The van der Waals surface area contributed by atoms with Gasteiger partial charge >= 0.3 is 0 Å². The summed E-state index contributed by atoms with van der Waals surface area (Å²) in [5.41, 5.74) is 6.18. The molecule has 0 aromatic heterocycles. The van der Waals surface area contributed by atoms with Crippen LogP contribution in [0.1, 0.15) is 38.3 Å². The number of carbonyl (C=O) groups is 1. The lowest BCUT2D eigenvalue weighted by molar-refractivity contribution is -0.119. The maximum absolute atomic E-state index is 10.8. The van der Waals surface area contributed by atoms with Gasteiger partial charge in [0.05, 0.1) is 0 Å². The van der Waals surface area contributed by atoms with E-state index in [0.29, 0.717) is 0 Å². The van der Waals surface area contributed by atoms with Crippen molar-refractivity contribution in [2.24, 2.45) is 5.73 Å². The van der Waals surface area contributed by atoms with Gasteiger partial charge in [0.2, 0.25) is 0 Å². The molecule has 0 bridgehead atoms. The molecule has 100 valence electrons. The highest BCUT2D eigenvalue weighted by molar-refractivity contribution is 5.75. The monoisotopic (exact) mass is 250 g/mol. The standard InChI is InChI=1S/C14H22N2O2/c1-3-9-16-12(4-2)11-7-5-6-8-13(11)18-10-14(15)17/h5-8,12,16H,3-4,9-10H2,1-2H3,(H2,15,17). The summed E-state index contributed by atoms with van der Waals surface area (Å²) in [7, 11) is 0. The summed E-state index contributed by atoms with van der Waals surface area (Å²) in [4.78, 5) is 10.8. The van der Waals surface area contributed by atoms with Crippen LogP contribution in [0.4, 0.5) is 0 Å². The number of amides is 1. The molecule has 1 unspecified atom stereocenters. The van der Waals surface area contributed by atoms with Gasteiger partial charge < -0.3 is 15.8 Å². The Kier molecular flexibility index (Phi) is 6.22. The van der Waals surface area contributed by atoms with Gasteiger partial charge in [-0.15, -0.1) is 0 Å². The van der Waals surface area contributed by atoms with E-state index >= 15 is 0 Å². The molecular weight excluding hydrogens is 228 g/mol. The van der Waals surface area contributed by atoms with Crippen LogP contribution in [0.2, 0.25) is 0 Å². The van der Waals surface area contributed by atoms with Crippen LogP contribution in [-0.2, 0) is 4.79 Å². The molecule has 3 N–H and O–H groups in total. The Morgan fingerprint density at radius 2 is 2.11 bits per heavy atom. The molecule has 0 aliphatic carbocycles. The first kappa shape index (κ1) is 14.5. The SMILES string of the molecule is CCCNC(CC)c1ccccc1OCC(N)=O. The zero-order valence-corrected chi connectivity index (χ0v) is 11.1. The Bertz CT molecular complexity index is 380. The summed E-state index contributed by atoms with van der Waals surface area (Å²) < 4.78 is 5.45. The van der Waals surface area contributed by atoms with Crippen LogP contribution < -0.4 is 15.8 Å². The number of benzene rings is 1.